The maximum absolute atomic E-state index is 12.4. The fourth-order valence-corrected chi connectivity index (χ4v) is 4.75. The Morgan fingerprint density at radius 2 is 2.10 bits per heavy atom. The summed E-state index contributed by atoms with van der Waals surface area (Å²) in [5.74, 6) is 1.67. The van der Waals surface area contributed by atoms with Crippen LogP contribution in [0.15, 0.2) is 12.1 Å². The van der Waals surface area contributed by atoms with Crippen molar-refractivity contribution >= 4 is 17.2 Å². The van der Waals surface area contributed by atoms with Crippen molar-refractivity contribution in [2.75, 3.05) is 6.54 Å². The maximum Gasteiger partial charge on any atom is 0.238 e. The van der Waals surface area contributed by atoms with Crippen LogP contribution in [0.25, 0.3) is 0 Å². The highest BCUT2D eigenvalue weighted by Crippen LogP contribution is 2.38. The molecular formula is C16H24N2OS. The van der Waals surface area contributed by atoms with Crippen LogP contribution in [0.4, 0.5) is 0 Å². The molecule has 0 aromatic carbocycles. The minimum absolute atomic E-state index is 0.0991. The summed E-state index contributed by atoms with van der Waals surface area (Å²) in [6, 6.07) is 4.72. The molecule has 3 rings (SSSR count). The van der Waals surface area contributed by atoms with Gasteiger partial charge >= 0.3 is 0 Å². The number of carbonyl (C=O) groups excluding carboxylic acids is 1. The van der Waals surface area contributed by atoms with Crippen LogP contribution in [-0.2, 0) is 4.79 Å². The number of hydrogen-bond donors (Lipinski definition) is 1. The molecule has 4 unspecified atom stereocenters. The molecule has 1 aromatic rings. The van der Waals surface area contributed by atoms with Crippen LogP contribution in [0.1, 0.15) is 49.0 Å². The summed E-state index contributed by atoms with van der Waals surface area (Å²) in [7, 11) is 0. The quantitative estimate of drug-likeness (QED) is 0.907. The predicted molar refractivity (Wildman–Crippen MR) is 82.6 cm³/mol. The van der Waals surface area contributed by atoms with Crippen molar-refractivity contribution in [3.63, 3.8) is 0 Å². The Balaban J connectivity index is 1.83. The van der Waals surface area contributed by atoms with Crippen LogP contribution < -0.4 is 5.32 Å². The van der Waals surface area contributed by atoms with E-state index in [-0.39, 0.29) is 12.1 Å². The Labute approximate surface area is 125 Å². The average Bonchev–Trinajstić information content (AvgIpc) is 2.96. The zero-order valence-corrected chi connectivity index (χ0v) is 13.4. The molecule has 1 N–H and O–H groups in total. The van der Waals surface area contributed by atoms with E-state index in [9.17, 15) is 4.79 Å². The number of rotatable bonds is 2. The lowest BCUT2D eigenvalue weighted by molar-refractivity contribution is -0.132. The van der Waals surface area contributed by atoms with Gasteiger partial charge in [0.2, 0.25) is 5.91 Å². The van der Waals surface area contributed by atoms with Crippen LogP contribution in [0.3, 0.4) is 0 Å². The summed E-state index contributed by atoms with van der Waals surface area (Å²) in [5.41, 5.74) is 0. The SMILES string of the molecule is Cc1ccc(C2NCC(=O)N2C2CCC(C)CC2C)s1. The van der Waals surface area contributed by atoms with Crippen molar-refractivity contribution in [2.24, 2.45) is 11.8 Å². The molecule has 1 saturated carbocycles. The predicted octanol–water partition coefficient (Wildman–Crippen LogP) is 3.31. The van der Waals surface area contributed by atoms with Crippen molar-refractivity contribution in [1.29, 1.82) is 0 Å². The molecule has 4 heteroatoms. The second-order valence-electron chi connectivity index (χ2n) is 6.50. The van der Waals surface area contributed by atoms with Crippen LogP contribution in [0.5, 0.6) is 0 Å². The first kappa shape index (κ1) is 14.1. The summed E-state index contributed by atoms with van der Waals surface area (Å²) in [4.78, 5) is 17.1. The normalized spacial score (nSPS) is 34.8. The molecule has 4 atom stereocenters. The zero-order valence-electron chi connectivity index (χ0n) is 12.6. The van der Waals surface area contributed by atoms with Gasteiger partial charge in [-0.1, -0.05) is 13.8 Å². The summed E-state index contributed by atoms with van der Waals surface area (Å²) >= 11 is 1.80. The topological polar surface area (TPSA) is 32.3 Å². The lowest BCUT2D eigenvalue weighted by Gasteiger charge is -2.40. The largest absolute Gasteiger partial charge is 0.318 e. The Hall–Kier alpha value is -0.870. The molecule has 0 spiro atoms. The third-order valence-electron chi connectivity index (χ3n) is 4.79. The molecular weight excluding hydrogens is 268 g/mol. The number of amides is 1. The van der Waals surface area contributed by atoms with E-state index < -0.39 is 0 Å². The highest BCUT2D eigenvalue weighted by atomic mass is 32.1. The standard InChI is InChI=1S/C16H24N2OS/c1-10-4-6-13(11(2)8-10)18-15(19)9-17-16(18)14-7-5-12(3)20-14/h5,7,10-11,13,16-17H,4,6,8-9H2,1-3H3. The van der Waals surface area contributed by atoms with E-state index in [2.05, 4.69) is 43.1 Å². The molecule has 1 aromatic heterocycles. The van der Waals surface area contributed by atoms with E-state index in [4.69, 9.17) is 0 Å². The van der Waals surface area contributed by atoms with Gasteiger partial charge in [0.05, 0.1) is 6.54 Å². The molecule has 20 heavy (non-hydrogen) atoms. The zero-order chi connectivity index (χ0) is 14.3. The highest BCUT2D eigenvalue weighted by molar-refractivity contribution is 7.12. The number of nitrogens with one attached hydrogen (secondary N) is 1. The molecule has 2 fully saturated rings. The highest BCUT2D eigenvalue weighted by Gasteiger charge is 2.41. The van der Waals surface area contributed by atoms with Gasteiger partial charge in [-0.2, -0.15) is 0 Å². The van der Waals surface area contributed by atoms with Gasteiger partial charge in [-0.3, -0.25) is 10.1 Å². The summed E-state index contributed by atoms with van der Waals surface area (Å²) in [5, 5.41) is 3.40. The van der Waals surface area contributed by atoms with Crippen LogP contribution in [0.2, 0.25) is 0 Å². The Morgan fingerprint density at radius 3 is 2.75 bits per heavy atom. The lowest BCUT2D eigenvalue weighted by atomic mass is 9.79. The first-order valence-electron chi connectivity index (χ1n) is 7.67. The number of thiophene rings is 1. The van der Waals surface area contributed by atoms with Crippen molar-refractivity contribution in [3.8, 4) is 0 Å². The maximum atomic E-state index is 12.4. The van der Waals surface area contributed by atoms with Gasteiger partial charge in [0, 0.05) is 15.8 Å². The fraction of sp³-hybridized carbons (Fsp3) is 0.688. The van der Waals surface area contributed by atoms with Gasteiger partial charge in [-0.25, -0.2) is 0 Å². The van der Waals surface area contributed by atoms with Gasteiger partial charge < -0.3 is 4.90 Å². The Morgan fingerprint density at radius 1 is 1.30 bits per heavy atom. The fourth-order valence-electron chi connectivity index (χ4n) is 3.79. The van der Waals surface area contributed by atoms with Crippen LogP contribution in [0, 0.1) is 18.8 Å². The first-order valence-corrected chi connectivity index (χ1v) is 8.49. The van der Waals surface area contributed by atoms with Crippen LogP contribution in [-0.4, -0.2) is 23.4 Å². The van der Waals surface area contributed by atoms with Gasteiger partial charge in [0.1, 0.15) is 6.17 Å². The van der Waals surface area contributed by atoms with Crippen molar-refractivity contribution in [3.05, 3.63) is 21.9 Å². The average molecular weight is 292 g/mol. The smallest absolute Gasteiger partial charge is 0.238 e. The van der Waals surface area contributed by atoms with Crippen molar-refractivity contribution in [2.45, 2.75) is 52.2 Å². The second kappa shape index (κ2) is 5.49. The molecule has 1 amide bonds. The van der Waals surface area contributed by atoms with E-state index in [1.54, 1.807) is 11.3 Å². The summed E-state index contributed by atoms with van der Waals surface area (Å²) in [6.45, 7) is 7.25. The molecule has 1 saturated heterocycles. The van der Waals surface area contributed by atoms with E-state index in [0.29, 0.717) is 18.5 Å². The lowest BCUT2D eigenvalue weighted by Crippen LogP contribution is -2.45. The second-order valence-corrected chi connectivity index (χ2v) is 7.82. The molecule has 1 aliphatic heterocycles. The molecule has 110 valence electrons. The number of carbonyl (C=O) groups is 1. The number of aryl methyl sites for hydroxylation is 1. The minimum atomic E-state index is 0.0991. The molecule has 2 heterocycles. The Bertz CT molecular complexity index is 498. The number of nitrogens with zero attached hydrogens (tertiary/aromatic N) is 1. The van der Waals surface area contributed by atoms with E-state index in [1.165, 1.54) is 22.6 Å². The van der Waals surface area contributed by atoms with Crippen molar-refractivity contribution in [1.82, 2.24) is 10.2 Å². The van der Waals surface area contributed by atoms with Gasteiger partial charge in [0.15, 0.2) is 0 Å². The van der Waals surface area contributed by atoms with Crippen molar-refractivity contribution < 1.29 is 4.79 Å². The van der Waals surface area contributed by atoms with E-state index in [1.807, 2.05) is 0 Å². The summed E-state index contributed by atoms with van der Waals surface area (Å²) in [6.07, 6.45) is 3.73. The van der Waals surface area contributed by atoms with Crippen LogP contribution >= 0.6 is 11.3 Å². The Kier molecular flexibility index (Phi) is 3.87. The molecule has 3 nitrogen and oxygen atoms in total. The first-order chi connectivity index (χ1) is 9.56. The van der Waals surface area contributed by atoms with Gasteiger partial charge in [0.25, 0.3) is 0 Å². The van der Waals surface area contributed by atoms with E-state index in [0.717, 1.165) is 12.3 Å². The third kappa shape index (κ3) is 2.51. The number of hydrogen-bond acceptors (Lipinski definition) is 3. The third-order valence-corrected chi connectivity index (χ3v) is 5.84. The monoisotopic (exact) mass is 292 g/mol. The minimum Gasteiger partial charge on any atom is -0.318 e. The van der Waals surface area contributed by atoms with Gasteiger partial charge in [-0.05, 0) is 50.2 Å². The molecule has 0 bridgehead atoms. The molecule has 0 radical (unpaired) electrons. The molecule has 2 aliphatic rings. The summed E-state index contributed by atoms with van der Waals surface area (Å²) < 4.78 is 0. The molecule has 1 aliphatic carbocycles. The van der Waals surface area contributed by atoms with Gasteiger partial charge in [-0.15, -0.1) is 11.3 Å². The van der Waals surface area contributed by atoms with E-state index >= 15 is 0 Å².